The lowest BCUT2D eigenvalue weighted by atomic mass is 10.1. The summed E-state index contributed by atoms with van der Waals surface area (Å²) in [7, 11) is 1.58. The van der Waals surface area contributed by atoms with Gasteiger partial charge in [0, 0.05) is 28.9 Å². The van der Waals surface area contributed by atoms with Crippen LogP contribution in [0.5, 0.6) is 5.75 Å². The van der Waals surface area contributed by atoms with Crippen LogP contribution in [0.4, 0.5) is 5.69 Å². The molecule has 0 saturated heterocycles. The minimum atomic E-state index is -0.148. The van der Waals surface area contributed by atoms with Crippen LogP contribution in [0.25, 0.3) is 11.3 Å². The summed E-state index contributed by atoms with van der Waals surface area (Å²) in [5.74, 6) is 0.543. The van der Waals surface area contributed by atoms with Gasteiger partial charge < -0.3 is 10.1 Å². The topological polar surface area (TPSA) is 67.0 Å². The van der Waals surface area contributed by atoms with Crippen LogP contribution < -0.4 is 10.1 Å². The van der Waals surface area contributed by atoms with Crippen molar-refractivity contribution in [1.82, 2.24) is 10.2 Å². The highest BCUT2D eigenvalue weighted by Crippen LogP contribution is 2.24. The number of anilines is 1. The number of hydrogen-bond acceptors (Lipinski definition) is 4. The van der Waals surface area contributed by atoms with E-state index in [-0.39, 0.29) is 5.91 Å². The van der Waals surface area contributed by atoms with Crippen LogP contribution in [0.3, 0.4) is 0 Å². The SMILES string of the molecule is COc1csc(C(=O)Nc2cccc(-c3ccn[nH]3)c2)c1. The average molecular weight is 299 g/mol. The van der Waals surface area contributed by atoms with Crippen LogP contribution in [-0.4, -0.2) is 23.2 Å². The molecule has 0 unspecified atom stereocenters. The van der Waals surface area contributed by atoms with Gasteiger partial charge in [0.2, 0.25) is 0 Å². The third-order valence-corrected chi connectivity index (χ3v) is 3.87. The van der Waals surface area contributed by atoms with Crippen molar-refractivity contribution >= 4 is 22.9 Å². The zero-order chi connectivity index (χ0) is 14.7. The molecule has 1 amide bonds. The Morgan fingerprint density at radius 3 is 2.95 bits per heavy atom. The molecule has 6 heteroatoms. The van der Waals surface area contributed by atoms with Crippen molar-refractivity contribution in [3.63, 3.8) is 0 Å². The van der Waals surface area contributed by atoms with E-state index in [9.17, 15) is 4.79 Å². The Bertz CT molecular complexity index is 750. The number of aromatic amines is 1. The molecule has 0 aliphatic rings. The molecular formula is C15H13N3O2S. The highest BCUT2D eigenvalue weighted by molar-refractivity contribution is 7.12. The standard InChI is InChI=1S/C15H13N3O2S/c1-20-12-8-14(21-9-12)15(19)17-11-4-2-3-10(7-11)13-5-6-16-18-13/h2-9H,1H3,(H,16,18)(H,17,19). The number of aromatic nitrogens is 2. The number of carbonyl (C=O) groups excluding carboxylic acids is 1. The number of amides is 1. The lowest BCUT2D eigenvalue weighted by Crippen LogP contribution is -2.10. The van der Waals surface area contributed by atoms with Gasteiger partial charge in [0.15, 0.2) is 0 Å². The number of H-pyrrole nitrogens is 1. The average Bonchev–Trinajstić information content (AvgIpc) is 3.19. The van der Waals surface area contributed by atoms with Gasteiger partial charge in [-0.25, -0.2) is 0 Å². The van der Waals surface area contributed by atoms with Gasteiger partial charge in [-0.2, -0.15) is 5.10 Å². The van der Waals surface area contributed by atoms with Gasteiger partial charge in [-0.15, -0.1) is 11.3 Å². The lowest BCUT2D eigenvalue weighted by Gasteiger charge is -2.05. The number of hydrogen-bond donors (Lipinski definition) is 2. The maximum absolute atomic E-state index is 12.2. The first-order chi connectivity index (χ1) is 10.3. The molecule has 21 heavy (non-hydrogen) atoms. The second-order valence-corrected chi connectivity index (χ2v) is 5.27. The van der Waals surface area contributed by atoms with E-state index in [2.05, 4.69) is 15.5 Å². The summed E-state index contributed by atoms with van der Waals surface area (Å²) >= 11 is 1.35. The molecule has 1 aromatic carbocycles. The number of benzene rings is 1. The monoisotopic (exact) mass is 299 g/mol. The molecule has 0 radical (unpaired) electrons. The number of carbonyl (C=O) groups is 1. The van der Waals surface area contributed by atoms with Crippen LogP contribution in [0.1, 0.15) is 9.67 Å². The molecule has 3 rings (SSSR count). The van der Waals surface area contributed by atoms with Crippen LogP contribution in [0.2, 0.25) is 0 Å². The first-order valence-corrected chi connectivity index (χ1v) is 7.18. The minimum Gasteiger partial charge on any atom is -0.496 e. The molecule has 2 aromatic heterocycles. The van der Waals surface area contributed by atoms with Crippen molar-refractivity contribution in [2.45, 2.75) is 0 Å². The summed E-state index contributed by atoms with van der Waals surface area (Å²) in [5.41, 5.74) is 2.61. The van der Waals surface area contributed by atoms with Gasteiger partial charge in [0.25, 0.3) is 5.91 Å². The maximum atomic E-state index is 12.2. The molecule has 5 nitrogen and oxygen atoms in total. The van der Waals surface area contributed by atoms with E-state index in [0.29, 0.717) is 10.6 Å². The van der Waals surface area contributed by atoms with Crippen LogP contribution in [0, 0.1) is 0 Å². The van der Waals surface area contributed by atoms with Crippen molar-refractivity contribution < 1.29 is 9.53 Å². The largest absolute Gasteiger partial charge is 0.496 e. The number of ether oxygens (including phenoxy) is 1. The fraction of sp³-hybridized carbons (Fsp3) is 0.0667. The molecule has 0 fully saturated rings. The Labute approximate surface area is 125 Å². The Hall–Kier alpha value is -2.60. The number of methoxy groups -OCH3 is 1. The van der Waals surface area contributed by atoms with E-state index in [0.717, 1.165) is 16.9 Å². The van der Waals surface area contributed by atoms with Gasteiger partial charge in [-0.3, -0.25) is 9.89 Å². The first kappa shape index (κ1) is 13.4. The third kappa shape index (κ3) is 2.95. The molecule has 0 aliphatic carbocycles. The molecule has 2 N–H and O–H groups in total. The normalized spacial score (nSPS) is 10.3. The quantitative estimate of drug-likeness (QED) is 0.776. The van der Waals surface area contributed by atoms with Crippen LogP contribution in [0.15, 0.2) is 48.0 Å². The lowest BCUT2D eigenvalue weighted by molar-refractivity contribution is 0.103. The fourth-order valence-corrected chi connectivity index (χ4v) is 2.67. The Kier molecular flexibility index (Phi) is 3.70. The number of rotatable bonds is 4. The molecule has 0 aliphatic heterocycles. The van der Waals surface area contributed by atoms with E-state index in [1.165, 1.54) is 11.3 Å². The van der Waals surface area contributed by atoms with Crippen molar-refractivity contribution in [3.8, 4) is 17.0 Å². The third-order valence-electron chi connectivity index (χ3n) is 2.97. The fourth-order valence-electron chi connectivity index (χ4n) is 1.92. The Morgan fingerprint density at radius 2 is 2.24 bits per heavy atom. The number of thiophene rings is 1. The summed E-state index contributed by atoms with van der Waals surface area (Å²) in [5, 5.41) is 11.5. The second kappa shape index (κ2) is 5.80. The Balaban J connectivity index is 1.78. The van der Waals surface area contributed by atoms with E-state index >= 15 is 0 Å². The zero-order valence-corrected chi connectivity index (χ0v) is 12.1. The van der Waals surface area contributed by atoms with Crippen LogP contribution in [-0.2, 0) is 0 Å². The van der Waals surface area contributed by atoms with Crippen molar-refractivity contribution in [3.05, 3.63) is 52.9 Å². The van der Waals surface area contributed by atoms with E-state index < -0.39 is 0 Å². The molecule has 0 spiro atoms. The molecule has 0 saturated carbocycles. The predicted molar refractivity (Wildman–Crippen MR) is 82.8 cm³/mol. The molecule has 0 atom stereocenters. The van der Waals surface area contributed by atoms with Crippen molar-refractivity contribution in [1.29, 1.82) is 0 Å². The smallest absolute Gasteiger partial charge is 0.265 e. The van der Waals surface area contributed by atoms with E-state index in [1.807, 2.05) is 30.3 Å². The van der Waals surface area contributed by atoms with Crippen LogP contribution >= 0.6 is 11.3 Å². The van der Waals surface area contributed by atoms with Crippen molar-refractivity contribution in [2.75, 3.05) is 12.4 Å². The van der Waals surface area contributed by atoms with E-state index in [4.69, 9.17) is 4.74 Å². The molecule has 2 heterocycles. The number of nitrogens with zero attached hydrogens (tertiary/aromatic N) is 1. The predicted octanol–water partition coefficient (Wildman–Crippen LogP) is 3.40. The number of nitrogens with one attached hydrogen (secondary N) is 2. The highest BCUT2D eigenvalue weighted by Gasteiger charge is 2.10. The molecular weight excluding hydrogens is 286 g/mol. The van der Waals surface area contributed by atoms with Gasteiger partial charge >= 0.3 is 0 Å². The summed E-state index contributed by atoms with van der Waals surface area (Å²) in [4.78, 5) is 12.8. The first-order valence-electron chi connectivity index (χ1n) is 6.30. The zero-order valence-electron chi connectivity index (χ0n) is 11.3. The molecule has 0 bridgehead atoms. The second-order valence-electron chi connectivity index (χ2n) is 4.36. The maximum Gasteiger partial charge on any atom is 0.265 e. The van der Waals surface area contributed by atoms with E-state index in [1.54, 1.807) is 24.8 Å². The van der Waals surface area contributed by atoms with Crippen molar-refractivity contribution in [2.24, 2.45) is 0 Å². The van der Waals surface area contributed by atoms with Gasteiger partial charge in [0.05, 0.1) is 17.7 Å². The summed E-state index contributed by atoms with van der Waals surface area (Å²) in [6, 6.07) is 11.2. The minimum absolute atomic E-state index is 0.148. The molecule has 106 valence electrons. The Morgan fingerprint density at radius 1 is 1.33 bits per heavy atom. The van der Waals surface area contributed by atoms with Gasteiger partial charge in [0.1, 0.15) is 5.75 Å². The summed E-state index contributed by atoms with van der Waals surface area (Å²) in [6.45, 7) is 0. The molecule has 3 aromatic rings. The highest BCUT2D eigenvalue weighted by atomic mass is 32.1. The van der Waals surface area contributed by atoms with Gasteiger partial charge in [-0.05, 0) is 18.2 Å². The summed E-state index contributed by atoms with van der Waals surface area (Å²) < 4.78 is 5.08. The van der Waals surface area contributed by atoms with Gasteiger partial charge in [-0.1, -0.05) is 12.1 Å². The summed E-state index contributed by atoms with van der Waals surface area (Å²) in [6.07, 6.45) is 1.69.